The van der Waals surface area contributed by atoms with Crippen LogP contribution < -0.4 is 11.1 Å². The fourth-order valence-electron chi connectivity index (χ4n) is 3.17. The van der Waals surface area contributed by atoms with Crippen molar-refractivity contribution in [3.05, 3.63) is 0 Å². The second-order valence-electron chi connectivity index (χ2n) is 6.00. The van der Waals surface area contributed by atoms with Crippen LogP contribution in [0, 0.1) is 0 Å². The fraction of sp³-hybridized carbons (Fsp3) is 0.933. The van der Waals surface area contributed by atoms with Crippen LogP contribution in [-0.2, 0) is 0 Å². The summed E-state index contributed by atoms with van der Waals surface area (Å²) in [6, 6.07) is 0.565. The lowest BCUT2D eigenvalue weighted by atomic mass is 9.96. The van der Waals surface area contributed by atoms with E-state index in [-0.39, 0.29) is 24.0 Å². The largest absolute Gasteiger partial charge is 0.370 e. The minimum atomic E-state index is 0. The van der Waals surface area contributed by atoms with Gasteiger partial charge >= 0.3 is 0 Å². The molecule has 0 bridgehead atoms. The molecule has 1 aliphatic heterocycles. The number of halogens is 1. The van der Waals surface area contributed by atoms with Gasteiger partial charge in [0.15, 0.2) is 5.96 Å². The van der Waals surface area contributed by atoms with E-state index >= 15 is 0 Å². The third-order valence-corrected chi connectivity index (χ3v) is 4.35. The molecule has 0 spiro atoms. The second-order valence-corrected chi connectivity index (χ2v) is 6.00. The lowest BCUT2D eigenvalue weighted by molar-refractivity contribution is 0.293. The Morgan fingerprint density at radius 2 is 1.60 bits per heavy atom. The predicted octanol–water partition coefficient (Wildman–Crippen LogP) is 2.72. The van der Waals surface area contributed by atoms with Crippen molar-refractivity contribution in [3.63, 3.8) is 0 Å². The first-order chi connectivity index (χ1) is 9.34. The Kier molecular flexibility index (Phi) is 9.59. The van der Waals surface area contributed by atoms with Crippen LogP contribution >= 0.6 is 24.0 Å². The van der Waals surface area contributed by atoms with Crippen molar-refractivity contribution in [2.45, 2.75) is 63.8 Å². The quantitative estimate of drug-likeness (QED) is 0.438. The molecule has 0 atom stereocenters. The zero-order chi connectivity index (χ0) is 13.3. The van der Waals surface area contributed by atoms with E-state index in [9.17, 15) is 0 Å². The van der Waals surface area contributed by atoms with Gasteiger partial charge in [0.1, 0.15) is 0 Å². The number of likely N-dealkylation sites (tertiary alicyclic amines) is 1. The van der Waals surface area contributed by atoms with E-state index in [1.54, 1.807) is 0 Å². The monoisotopic (exact) mass is 394 g/mol. The molecule has 1 aliphatic carbocycles. The van der Waals surface area contributed by atoms with Gasteiger partial charge in [0, 0.05) is 12.6 Å². The molecule has 2 fully saturated rings. The Balaban J connectivity index is 0.00000200. The van der Waals surface area contributed by atoms with Gasteiger partial charge in [0.05, 0.1) is 6.54 Å². The van der Waals surface area contributed by atoms with E-state index in [1.165, 1.54) is 70.9 Å². The molecule has 0 aromatic heterocycles. The normalized spacial score (nSPS) is 22.9. The highest BCUT2D eigenvalue weighted by molar-refractivity contribution is 14.0. The predicted molar refractivity (Wildman–Crippen MR) is 96.8 cm³/mol. The number of nitrogens with zero attached hydrogens (tertiary/aromatic N) is 2. The Hall–Kier alpha value is -0.0400. The average molecular weight is 394 g/mol. The third-order valence-electron chi connectivity index (χ3n) is 4.35. The number of nitrogens with two attached hydrogens (primary N) is 1. The molecular weight excluding hydrogens is 363 g/mol. The zero-order valence-electron chi connectivity index (χ0n) is 12.6. The topological polar surface area (TPSA) is 53.6 Å². The van der Waals surface area contributed by atoms with E-state index in [1.807, 2.05) is 0 Å². The summed E-state index contributed by atoms with van der Waals surface area (Å²) >= 11 is 0. The van der Waals surface area contributed by atoms with Crippen molar-refractivity contribution in [2.24, 2.45) is 10.7 Å². The highest BCUT2D eigenvalue weighted by Crippen LogP contribution is 2.17. The van der Waals surface area contributed by atoms with Gasteiger partial charge in [-0.25, -0.2) is 0 Å². The molecule has 118 valence electrons. The first-order valence-corrected chi connectivity index (χ1v) is 8.13. The van der Waals surface area contributed by atoms with Gasteiger partial charge in [-0.05, 0) is 38.8 Å². The molecular formula is C15H31IN4. The summed E-state index contributed by atoms with van der Waals surface area (Å²) < 4.78 is 0. The van der Waals surface area contributed by atoms with Gasteiger partial charge < -0.3 is 16.0 Å². The van der Waals surface area contributed by atoms with Gasteiger partial charge in [-0.15, -0.1) is 24.0 Å². The van der Waals surface area contributed by atoms with Crippen molar-refractivity contribution in [1.82, 2.24) is 10.2 Å². The first kappa shape index (κ1) is 18.0. The Morgan fingerprint density at radius 1 is 1.00 bits per heavy atom. The van der Waals surface area contributed by atoms with Gasteiger partial charge in [0.2, 0.25) is 0 Å². The van der Waals surface area contributed by atoms with Gasteiger partial charge in [-0.1, -0.05) is 32.1 Å². The molecule has 0 aromatic carbocycles. The average Bonchev–Trinajstić information content (AvgIpc) is 2.68. The van der Waals surface area contributed by atoms with Gasteiger partial charge in [-0.2, -0.15) is 0 Å². The van der Waals surface area contributed by atoms with Crippen LogP contribution in [0.5, 0.6) is 0 Å². The molecule has 5 heteroatoms. The van der Waals surface area contributed by atoms with Crippen LogP contribution in [-0.4, -0.2) is 43.1 Å². The number of aliphatic imine (C=N–C) groups is 1. The zero-order valence-corrected chi connectivity index (χ0v) is 15.0. The molecule has 1 heterocycles. The van der Waals surface area contributed by atoms with Crippen LogP contribution in [0.4, 0.5) is 0 Å². The van der Waals surface area contributed by atoms with Crippen LogP contribution in [0.3, 0.4) is 0 Å². The molecule has 2 rings (SSSR count). The van der Waals surface area contributed by atoms with E-state index in [4.69, 9.17) is 5.73 Å². The summed E-state index contributed by atoms with van der Waals surface area (Å²) in [6.07, 6.45) is 12.0. The standard InChI is InChI=1S/C15H30N4.HI/c16-15(18-14-8-4-3-5-9-14)17-10-13-19-11-6-1-2-7-12-19;/h14H,1-13H2,(H3,16,17,18);1H. The molecule has 1 saturated heterocycles. The van der Waals surface area contributed by atoms with Gasteiger partial charge in [0.25, 0.3) is 0 Å². The maximum absolute atomic E-state index is 5.97. The summed E-state index contributed by atoms with van der Waals surface area (Å²) in [5.74, 6) is 0.654. The van der Waals surface area contributed by atoms with E-state index in [0.717, 1.165) is 13.1 Å². The summed E-state index contributed by atoms with van der Waals surface area (Å²) in [5.41, 5.74) is 5.97. The maximum atomic E-state index is 5.97. The van der Waals surface area contributed by atoms with E-state index in [0.29, 0.717) is 12.0 Å². The molecule has 0 amide bonds. The van der Waals surface area contributed by atoms with Crippen molar-refractivity contribution >= 4 is 29.9 Å². The molecule has 3 N–H and O–H groups in total. The SMILES string of the molecule is I.NC(=NCCN1CCCCCC1)NC1CCCCC1. The van der Waals surface area contributed by atoms with Gasteiger partial charge in [-0.3, -0.25) is 4.99 Å². The highest BCUT2D eigenvalue weighted by Gasteiger charge is 2.13. The summed E-state index contributed by atoms with van der Waals surface area (Å²) in [4.78, 5) is 7.02. The Bertz CT molecular complexity index is 269. The minimum absolute atomic E-state index is 0. The second kappa shape index (κ2) is 10.7. The van der Waals surface area contributed by atoms with Crippen LogP contribution in [0.2, 0.25) is 0 Å². The van der Waals surface area contributed by atoms with Crippen LogP contribution in [0.15, 0.2) is 4.99 Å². The number of hydrogen-bond donors (Lipinski definition) is 2. The maximum Gasteiger partial charge on any atom is 0.188 e. The number of nitrogens with one attached hydrogen (secondary N) is 1. The molecule has 20 heavy (non-hydrogen) atoms. The van der Waals surface area contributed by atoms with Crippen LogP contribution in [0.1, 0.15) is 57.8 Å². The molecule has 4 nitrogen and oxygen atoms in total. The summed E-state index contributed by atoms with van der Waals surface area (Å²) in [5, 5.41) is 3.38. The third kappa shape index (κ3) is 7.11. The van der Waals surface area contributed by atoms with E-state index in [2.05, 4.69) is 15.2 Å². The highest BCUT2D eigenvalue weighted by atomic mass is 127. The lowest BCUT2D eigenvalue weighted by Gasteiger charge is -2.23. The Labute approximate surface area is 141 Å². The lowest BCUT2D eigenvalue weighted by Crippen LogP contribution is -2.41. The van der Waals surface area contributed by atoms with Crippen LogP contribution in [0.25, 0.3) is 0 Å². The summed E-state index contributed by atoms with van der Waals surface area (Å²) in [6.45, 7) is 4.38. The van der Waals surface area contributed by atoms with Crippen molar-refractivity contribution in [1.29, 1.82) is 0 Å². The Morgan fingerprint density at radius 3 is 2.25 bits per heavy atom. The fourth-order valence-corrected chi connectivity index (χ4v) is 3.17. The molecule has 0 unspecified atom stereocenters. The van der Waals surface area contributed by atoms with E-state index < -0.39 is 0 Å². The summed E-state index contributed by atoms with van der Waals surface area (Å²) in [7, 11) is 0. The molecule has 1 saturated carbocycles. The number of hydrogen-bond acceptors (Lipinski definition) is 2. The minimum Gasteiger partial charge on any atom is -0.370 e. The van der Waals surface area contributed by atoms with Crippen molar-refractivity contribution in [3.8, 4) is 0 Å². The molecule has 2 aliphatic rings. The van der Waals surface area contributed by atoms with Crippen molar-refractivity contribution in [2.75, 3.05) is 26.2 Å². The number of guanidine groups is 1. The number of rotatable bonds is 4. The van der Waals surface area contributed by atoms with Crippen molar-refractivity contribution < 1.29 is 0 Å². The molecule has 0 radical (unpaired) electrons. The first-order valence-electron chi connectivity index (χ1n) is 8.13. The smallest absolute Gasteiger partial charge is 0.188 e. The molecule has 0 aromatic rings.